The van der Waals surface area contributed by atoms with Crippen LogP contribution in [-0.2, 0) is 6.54 Å². The maximum atomic E-state index is 6.38. The molecule has 1 atom stereocenters. The molecular weight excluding hydrogens is 305 g/mol. The molecule has 0 amide bonds. The Kier molecular flexibility index (Phi) is 5.05. The van der Waals surface area contributed by atoms with E-state index in [4.69, 9.17) is 23.2 Å². The summed E-state index contributed by atoms with van der Waals surface area (Å²) in [7, 11) is 0. The topological polar surface area (TPSA) is 28.2 Å². The molecule has 0 bridgehead atoms. The smallest absolute Gasteiger partial charge is 0.135 e. The minimum atomic E-state index is 0.562. The van der Waals surface area contributed by atoms with Gasteiger partial charge in [0.25, 0.3) is 0 Å². The van der Waals surface area contributed by atoms with E-state index in [-0.39, 0.29) is 0 Å². The van der Waals surface area contributed by atoms with Gasteiger partial charge in [-0.2, -0.15) is 0 Å². The molecule has 1 aliphatic heterocycles. The van der Waals surface area contributed by atoms with Crippen molar-refractivity contribution in [2.75, 3.05) is 19.6 Å². The lowest BCUT2D eigenvalue weighted by Crippen LogP contribution is -2.39. The number of piperidine rings is 1. The van der Waals surface area contributed by atoms with Gasteiger partial charge in [0.15, 0.2) is 0 Å². The Bertz CT molecular complexity index is 473. The molecule has 0 aromatic carbocycles. The number of pyridine rings is 1. The maximum Gasteiger partial charge on any atom is 0.135 e. The normalized spacial score (nSPS) is 22.8. The molecule has 1 saturated heterocycles. The van der Waals surface area contributed by atoms with E-state index in [2.05, 4.69) is 15.2 Å². The van der Waals surface area contributed by atoms with Crippen molar-refractivity contribution in [3.8, 4) is 0 Å². The van der Waals surface area contributed by atoms with Crippen LogP contribution in [0, 0.1) is 12.8 Å². The van der Waals surface area contributed by atoms with E-state index in [9.17, 15) is 0 Å². The third-order valence-electron chi connectivity index (χ3n) is 4.46. The van der Waals surface area contributed by atoms with Crippen LogP contribution in [0.2, 0.25) is 10.2 Å². The van der Waals surface area contributed by atoms with Crippen LogP contribution in [0.1, 0.15) is 36.9 Å². The fourth-order valence-corrected chi connectivity index (χ4v) is 3.81. The third-order valence-corrected chi connectivity index (χ3v) is 5.11. The highest BCUT2D eigenvalue weighted by atomic mass is 35.5. The van der Waals surface area contributed by atoms with E-state index in [0.717, 1.165) is 41.8 Å². The zero-order chi connectivity index (χ0) is 14.8. The van der Waals surface area contributed by atoms with Gasteiger partial charge < -0.3 is 5.32 Å². The van der Waals surface area contributed by atoms with Gasteiger partial charge in [-0.15, -0.1) is 0 Å². The summed E-state index contributed by atoms with van der Waals surface area (Å²) in [5.74, 6) is 0.746. The van der Waals surface area contributed by atoms with Crippen LogP contribution in [0.15, 0.2) is 6.07 Å². The zero-order valence-electron chi connectivity index (χ0n) is 12.5. The number of hydrogen-bond donors (Lipinski definition) is 1. The Morgan fingerprint density at radius 2 is 2.14 bits per heavy atom. The molecule has 1 unspecified atom stereocenters. The van der Waals surface area contributed by atoms with Gasteiger partial charge in [0.1, 0.15) is 5.15 Å². The van der Waals surface area contributed by atoms with Crippen molar-refractivity contribution in [1.82, 2.24) is 15.2 Å². The first-order chi connectivity index (χ1) is 10.1. The van der Waals surface area contributed by atoms with Gasteiger partial charge in [0.05, 0.1) is 0 Å². The Balaban J connectivity index is 1.70. The highest BCUT2D eigenvalue weighted by Crippen LogP contribution is 2.33. The second kappa shape index (κ2) is 6.82. The highest BCUT2D eigenvalue weighted by Gasteiger charge is 2.31. The summed E-state index contributed by atoms with van der Waals surface area (Å²) in [6.45, 7) is 6.19. The lowest BCUT2D eigenvalue weighted by molar-refractivity contribution is 0.192. The first-order valence-electron chi connectivity index (χ1n) is 7.90. The summed E-state index contributed by atoms with van der Waals surface area (Å²) in [6, 6.07) is 2.62. The van der Waals surface area contributed by atoms with Gasteiger partial charge in [-0.1, -0.05) is 23.2 Å². The SMILES string of the molecule is Cc1cc(Cl)c(CN(CC2CCCNC2)C2CC2)c(Cl)n1. The monoisotopic (exact) mass is 327 g/mol. The number of rotatable bonds is 5. The predicted octanol–water partition coefficient (Wildman–Crippen LogP) is 3.66. The van der Waals surface area contributed by atoms with Crippen molar-refractivity contribution in [2.24, 2.45) is 5.92 Å². The number of halogens is 2. The minimum Gasteiger partial charge on any atom is -0.316 e. The van der Waals surface area contributed by atoms with Gasteiger partial charge in [0, 0.05) is 35.4 Å². The van der Waals surface area contributed by atoms with Gasteiger partial charge >= 0.3 is 0 Å². The molecular formula is C16H23Cl2N3. The maximum absolute atomic E-state index is 6.38. The Morgan fingerprint density at radius 1 is 1.33 bits per heavy atom. The molecule has 116 valence electrons. The van der Waals surface area contributed by atoms with E-state index in [1.54, 1.807) is 0 Å². The van der Waals surface area contributed by atoms with Gasteiger partial charge in [0.2, 0.25) is 0 Å². The lowest BCUT2D eigenvalue weighted by Gasteiger charge is -2.30. The fourth-order valence-electron chi connectivity index (χ4n) is 3.16. The minimum absolute atomic E-state index is 0.562. The second-order valence-corrected chi connectivity index (χ2v) is 7.15. The Morgan fingerprint density at radius 3 is 2.76 bits per heavy atom. The van der Waals surface area contributed by atoms with Crippen LogP contribution < -0.4 is 5.32 Å². The standard InChI is InChI=1S/C16H23Cl2N3/c1-11-7-15(17)14(16(18)20-11)10-21(13-4-5-13)9-12-3-2-6-19-8-12/h7,12-13,19H,2-6,8-10H2,1H3. The highest BCUT2D eigenvalue weighted by molar-refractivity contribution is 6.35. The average Bonchev–Trinajstić information content (AvgIpc) is 3.27. The summed E-state index contributed by atoms with van der Waals surface area (Å²) >= 11 is 12.7. The van der Waals surface area contributed by atoms with Crippen molar-refractivity contribution >= 4 is 23.2 Å². The second-order valence-electron chi connectivity index (χ2n) is 6.39. The largest absolute Gasteiger partial charge is 0.316 e. The van der Waals surface area contributed by atoms with Crippen molar-refractivity contribution in [3.05, 3.63) is 27.5 Å². The molecule has 21 heavy (non-hydrogen) atoms. The number of hydrogen-bond acceptors (Lipinski definition) is 3. The van der Waals surface area contributed by atoms with Crippen molar-refractivity contribution in [3.63, 3.8) is 0 Å². The molecule has 3 rings (SSSR count). The molecule has 3 nitrogen and oxygen atoms in total. The molecule has 2 heterocycles. The number of aromatic nitrogens is 1. The Labute approximate surface area is 137 Å². The molecule has 2 fully saturated rings. The van der Waals surface area contributed by atoms with Crippen molar-refractivity contribution < 1.29 is 0 Å². The average molecular weight is 328 g/mol. The van der Waals surface area contributed by atoms with E-state index in [1.165, 1.54) is 32.2 Å². The molecule has 1 aliphatic carbocycles. The van der Waals surface area contributed by atoms with Crippen LogP contribution in [0.5, 0.6) is 0 Å². The Hall–Kier alpha value is -0.350. The number of aryl methyl sites for hydroxylation is 1. The van der Waals surface area contributed by atoms with E-state index in [1.807, 2.05) is 13.0 Å². The van der Waals surface area contributed by atoms with Crippen molar-refractivity contribution in [2.45, 2.75) is 45.2 Å². The molecule has 0 spiro atoms. The van der Waals surface area contributed by atoms with Crippen LogP contribution in [0.4, 0.5) is 0 Å². The van der Waals surface area contributed by atoms with Crippen molar-refractivity contribution in [1.29, 1.82) is 0 Å². The quantitative estimate of drug-likeness (QED) is 0.836. The van der Waals surface area contributed by atoms with Crippen LogP contribution in [0.25, 0.3) is 0 Å². The molecule has 5 heteroatoms. The first-order valence-corrected chi connectivity index (χ1v) is 8.65. The molecule has 0 radical (unpaired) electrons. The van der Waals surface area contributed by atoms with Gasteiger partial charge in [-0.05, 0) is 57.7 Å². The first kappa shape index (κ1) is 15.5. The van der Waals surface area contributed by atoms with Crippen LogP contribution in [-0.4, -0.2) is 35.6 Å². The molecule has 1 aromatic rings. The molecule has 1 N–H and O–H groups in total. The van der Waals surface area contributed by atoms with Crippen LogP contribution >= 0.6 is 23.2 Å². The third kappa shape index (κ3) is 4.10. The lowest BCUT2D eigenvalue weighted by atomic mass is 9.99. The molecule has 2 aliphatic rings. The molecule has 1 saturated carbocycles. The van der Waals surface area contributed by atoms with E-state index in [0.29, 0.717) is 11.2 Å². The summed E-state index contributed by atoms with van der Waals surface area (Å²) < 4.78 is 0. The van der Waals surface area contributed by atoms with Gasteiger partial charge in [-0.25, -0.2) is 4.98 Å². The summed E-state index contributed by atoms with van der Waals surface area (Å²) in [5, 5.41) is 4.81. The van der Waals surface area contributed by atoms with E-state index >= 15 is 0 Å². The van der Waals surface area contributed by atoms with E-state index < -0.39 is 0 Å². The summed E-state index contributed by atoms with van der Waals surface area (Å²) in [5.41, 5.74) is 1.86. The van der Waals surface area contributed by atoms with Crippen LogP contribution in [0.3, 0.4) is 0 Å². The fraction of sp³-hybridized carbons (Fsp3) is 0.688. The summed E-state index contributed by atoms with van der Waals surface area (Å²) in [4.78, 5) is 6.91. The predicted molar refractivity (Wildman–Crippen MR) is 88.0 cm³/mol. The number of nitrogens with one attached hydrogen (secondary N) is 1. The number of nitrogens with zero attached hydrogens (tertiary/aromatic N) is 2. The zero-order valence-corrected chi connectivity index (χ0v) is 14.1. The summed E-state index contributed by atoms with van der Waals surface area (Å²) in [6.07, 6.45) is 5.21. The molecule has 1 aromatic heterocycles. The van der Waals surface area contributed by atoms with Gasteiger partial charge in [-0.3, -0.25) is 4.90 Å².